The molecule has 0 radical (unpaired) electrons. The molecule has 1 aromatic heterocycles. The van der Waals surface area contributed by atoms with Crippen molar-refractivity contribution in [1.82, 2.24) is 29.9 Å². The maximum atomic E-state index is 12.9. The number of hydrogen-bond acceptors (Lipinski definition) is 5. The molecular weight excluding hydrogens is 356 g/mol. The predicted molar refractivity (Wildman–Crippen MR) is 102 cm³/mol. The van der Waals surface area contributed by atoms with E-state index in [0.29, 0.717) is 24.8 Å². The fourth-order valence-corrected chi connectivity index (χ4v) is 5.15. The van der Waals surface area contributed by atoms with Crippen LogP contribution in [-0.2, 0) is 17.9 Å². The van der Waals surface area contributed by atoms with Crippen molar-refractivity contribution in [2.24, 2.45) is 5.92 Å². The number of rotatable bonds is 3. The van der Waals surface area contributed by atoms with Gasteiger partial charge in [0.15, 0.2) is 0 Å². The van der Waals surface area contributed by atoms with Crippen LogP contribution in [0.1, 0.15) is 67.8 Å². The topological polar surface area (TPSA) is 83.4 Å². The fraction of sp³-hybridized carbons (Fsp3) is 0.800. The number of fused-ring (bicyclic) bond motifs is 1. The number of likely N-dealkylation sites (tertiary alicyclic amines) is 1. The SMILES string of the molecule is CN1Cc2nnc(C(=O)NC3CCCCC3)n2CC12CCN(C(=O)C1CC1)C2. The summed E-state index contributed by atoms with van der Waals surface area (Å²) in [6, 6.07) is 0.257. The number of aromatic nitrogens is 3. The van der Waals surface area contributed by atoms with Crippen LogP contribution in [0.2, 0.25) is 0 Å². The number of hydrogen-bond donors (Lipinski definition) is 1. The van der Waals surface area contributed by atoms with Crippen molar-refractivity contribution in [1.29, 1.82) is 0 Å². The zero-order chi connectivity index (χ0) is 19.3. The monoisotopic (exact) mass is 386 g/mol. The van der Waals surface area contributed by atoms with Gasteiger partial charge in [0.25, 0.3) is 5.91 Å². The Morgan fingerprint density at radius 3 is 2.61 bits per heavy atom. The van der Waals surface area contributed by atoms with Crippen LogP contribution in [-0.4, -0.2) is 68.1 Å². The van der Waals surface area contributed by atoms with E-state index >= 15 is 0 Å². The highest BCUT2D eigenvalue weighted by Gasteiger charge is 2.48. The quantitative estimate of drug-likeness (QED) is 0.843. The van der Waals surface area contributed by atoms with Crippen molar-refractivity contribution in [3.05, 3.63) is 11.6 Å². The van der Waals surface area contributed by atoms with Gasteiger partial charge in [-0.15, -0.1) is 10.2 Å². The minimum absolute atomic E-state index is 0.103. The molecule has 8 nitrogen and oxygen atoms in total. The van der Waals surface area contributed by atoms with E-state index in [1.54, 1.807) is 0 Å². The van der Waals surface area contributed by atoms with Gasteiger partial charge in [-0.05, 0) is 39.2 Å². The van der Waals surface area contributed by atoms with E-state index in [1.165, 1.54) is 19.3 Å². The van der Waals surface area contributed by atoms with Crippen LogP contribution in [0.3, 0.4) is 0 Å². The van der Waals surface area contributed by atoms with Crippen molar-refractivity contribution in [2.45, 2.75) is 76.0 Å². The lowest BCUT2D eigenvalue weighted by molar-refractivity contribution is -0.132. The summed E-state index contributed by atoms with van der Waals surface area (Å²) in [5.41, 5.74) is -0.125. The fourth-order valence-electron chi connectivity index (χ4n) is 5.15. The van der Waals surface area contributed by atoms with Crippen molar-refractivity contribution in [3.8, 4) is 0 Å². The van der Waals surface area contributed by atoms with Gasteiger partial charge in [-0.25, -0.2) is 0 Å². The summed E-state index contributed by atoms with van der Waals surface area (Å²) in [6.07, 6.45) is 8.75. The van der Waals surface area contributed by atoms with E-state index in [0.717, 1.165) is 51.0 Å². The molecule has 2 aliphatic carbocycles. The van der Waals surface area contributed by atoms with E-state index in [-0.39, 0.29) is 23.4 Å². The molecule has 3 fully saturated rings. The molecule has 1 aromatic rings. The Morgan fingerprint density at radius 1 is 1.07 bits per heavy atom. The molecular formula is C20H30N6O2. The van der Waals surface area contributed by atoms with E-state index < -0.39 is 0 Å². The third-order valence-electron chi connectivity index (χ3n) is 7.18. The van der Waals surface area contributed by atoms with Gasteiger partial charge in [0, 0.05) is 31.6 Å². The molecule has 1 unspecified atom stereocenters. The summed E-state index contributed by atoms with van der Waals surface area (Å²) in [5, 5.41) is 11.7. The first-order chi connectivity index (χ1) is 13.6. The van der Waals surface area contributed by atoms with Crippen LogP contribution in [0.4, 0.5) is 0 Å². The highest BCUT2D eigenvalue weighted by atomic mass is 16.2. The number of carbonyl (C=O) groups is 2. The smallest absolute Gasteiger partial charge is 0.289 e. The Hall–Kier alpha value is -1.96. The Bertz CT molecular complexity index is 782. The molecule has 5 rings (SSSR count). The number of carbonyl (C=O) groups excluding carboxylic acids is 2. The molecule has 1 saturated heterocycles. The van der Waals surface area contributed by atoms with Gasteiger partial charge in [-0.2, -0.15) is 0 Å². The van der Waals surface area contributed by atoms with Crippen LogP contribution in [0.15, 0.2) is 0 Å². The summed E-state index contributed by atoms with van der Waals surface area (Å²) in [4.78, 5) is 29.8. The number of nitrogens with zero attached hydrogens (tertiary/aromatic N) is 5. The van der Waals surface area contributed by atoms with E-state index in [9.17, 15) is 9.59 Å². The Morgan fingerprint density at radius 2 is 1.86 bits per heavy atom. The van der Waals surface area contributed by atoms with Gasteiger partial charge in [0.2, 0.25) is 11.7 Å². The molecule has 2 saturated carbocycles. The zero-order valence-corrected chi connectivity index (χ0v) is 16.7. The largest absolute Gasteiger partial charge is 0.347 e. The van der Waals surface area contributed by atoms with Crippen LogP contribution in [0.25, 0.3) is 0 Å². The van der Waals surface area contributed by atoms with Crippen LogP contribution in [0, 0.1) is 5.92 Å². The van der Waals surface area contributed by atoms with Gasteiger partial charge in [-0.3, -0.25) is 14.5 Å². The summed E-state index contributed by atoms with van der Waals surface area (Å²) < 4.78 is 2.00. The standard InChI is InChI=1S/C20H30N6O2/c1-24-11-16-22-23-17(18(27)21-15-5-3-2-4-6-15)26(16)13-20(24)9-10-25(12-20)19(28)14-7-8-14/h14-15H,2-13H2,1H3,(H,21,27). The highest BCUT2D eigenvalue weighted by Crippen LogP contribution is 2.38. The molecule has 1 atom stereocenters. The molecule has 0 bridgehead atoms. The second-order valence-electron chi connectivity index (χ2n) is 9.20. The Balaban J connectivity index is 1.33. The number of likely N-dealkylation sites (N-methyl/N-ethyl adjacent to an activating group) is 1. The van der Waals surface area contributed by atoms with Crippen LogP contribution < -0.4 is 5.32 Å². The molecule has 28 heavy (non-hydrogen) atoms. The van der Waals surface area contributed by atoms with Crippen LogP contribution >= 0.6 is 0 Å². The maximum Gasteiger partial charge on any atom is 0.289 e. The van der Waals surface area contributed by atoms with Crippen molar-refractivity contribution in [3.63, 3.8) is 0 Å². The highest BCUT2D eigenvalue weighted by molar-refractivity contribution is 5.91. The zero-order valence-electron chi connectivity index (χ0n) is 16.7. The van der Waals surface area contributed by atoms with E-state index in [4.69, 9.17) is 0 Å². The van der Waals surface area contributed by atoms with E-state index in [1.807, 2.05) is 9.47 Å². The predicted octanol–water partition coefficient (Wildman–Crippen LogP) is 1.17. The minimum Gasteiger partial charge on any atom is -0.347 e. The second-order valence-corrected chi connectivity index (χ2v) is 9.20. The van der Waals surface area contributed by atoms with Gasteiger partial charge >= 0.3 is 0 Å². The average molecular weight is 387 g/mol. The third-order valence-corrected chi connectivity index (χ3v) is 7.18. The summed E-state index contributed by atoms with van der Waals surface area (Å²) in [5.74, 6) is 1.74. The molecule has 2 aliphatic heterocycles. The van der Waals surface area contributed by atoms with Crippen molar-refractivity contribution < 1.29 is 9.59 Å². The lowest BCUT2D eigenvalue weighted by atomic mass is 9.94. The van der Waals surface area contributed by atoms with Gasteiger partial charge in [0.1, 0.15) is 5.82 Å². The Kier molecular flexibility index (Phi) is 4.41. The Labute approximate surface area is 165 Å². The summed E-state index contributed by atoms with van der Waals surface area (Å²) in [7, 11) is 2.10. The molecule has 3 heterocycles. The van der Waals surface area contributed by atoms with Crippen molar-refractivity contribution in [2.75, 3.05) is 20.1 Å². The third kappa shape index (κ3) is 3.11. The van der Waals surface area contributed by atoms with Gasteiger partial charge in [-0.1, -0.05) is 19.3 Å². The summed E-state index contributed by atoms with van der Waals surface area (Å²) in [6.45, 7) is 2.88. The number of nitrogens with one attached hydrogen (secondary N) is 1. The molecule has 1 spiro atoms. The molecule has 4 aliphatic rings. The molecule has 0 aromatic carbocycles. The van der Waals surface area contributed by atoms with Gasteiger partial charge in [0.05, 0.1) is 12.1 Å². The molecule has 8 heteroatoms. The number of amides is 2. The first kappa shape index (κ1) is 18.1. The van der Waals surface area contributed by atoms with E-state index in [2.05, 4.69) is 27.5 Å². The molecule has 2 amide bonds. The second kappa shape index (κ2) is 6.83. The summed E-state index contributed by atoms with van der Waals surface area (Å²) >= 11 is 0. The lowest BCUT2D eigenvalue weighted by Crippen LogP contribution is -2.55. The van der Waals surface area contributed by atoms with Crippen molar-refractivity contribution >= 4 is 11.8 Å². The lowest BCUT2D eigenvalue weighted by Gasteiger charge is -2.42. The normalized spacial score (nSPS) is 28.5. The van der Waals surface area contributed by atoms with Gasteiger partial charge < -0.3 is 14.8 Å². The molecule has 1 N–H and O–H groups in total. The maximum absolute atomic E-state index is 12.9. The first-order valence-corrected chi connectivity index (χ1v) is 10.8. The molecule has 152 valence electrons. The van der Waals surface area contributed by atoms with Crippen LogP contribution in [0.5, 0.6) is 0 Å². The average Bonchev–Trinajstić information content (AvgIpc) is 3.34. The first-order valence-electron chi connectivity index (χ1n) is 10.8. The minimum atomic E-state index is -0.125.